The van der Waals surface area contributed by atoms with Gasteiger partial charge in [0.15, 0.2) is 0 Å². The number of aryl methyl sites for hydroxylation is 1. The first kappa shape index (κ1) is 16.7. The highest BCUT2D eigenvalue weighted by atomic mass is 32.1. The average molecular weight is 342 g/mol. The van der Waals surface area contributed by atoms with Crippen molar-refractivity contribution in [3.63, 3.8) is 0 Å². The SMILES string of the molecule is Cn1cc(C(=O)N2CCCCCC2C=Cc2cccs2)ccc1=O. The maximum absolute atomic E-state index is 13.0. The van der Waals surface area contributed by atoms with Gasteiger partial charge in [-0.05, 0) is 36.4 Å². The quantitative estimate of drug-likeness (QED) is 0.856. The van der Waals surface area contributed by atoms with E-state index in [1.807, 2.05) is 11.0 Å². The number of likely N-dealkylation sites (tertiary alicyclic amines) is 1. The smallest absolute Gasteiger partial charge is 0.255 e. The van der Waals surface area contributed by atoms with Crippen LogP contribution in [-0.2, 0) is 7.05 Å². The number of thiophene rings is 1. The summed E-state index contributed by atoms with van der Waals surface area (Å²) in [6, 6.07) is 7.32. The Hall–Kier alpha value is -2.14. The van der Waals surface area contributed by atoms with Gasteiger partial charge in [0.25, 0.3) is 5.91 Å². The van der Waals surface area contributed by atoms with Gasteiger partial charge in [0, 0.05) is 30.7 Å². The summed E-state index contributed by atoms with van der Waals surface area (Å²) in [5.74, 6) is 0.00771. The van der Waals surface area contributed by atoms with Crippen LogP contribution in [0, 0.1) is 0 Å². The van der Waals surface area contributed by atoms with Crippen molar-refractivity contribution in [1.82, 2.24) is 9.47 Å². The molecule has 0 N–H and O–H groups in total. The topological polar surface area (TPSA) is 42.3 Å². The van der Waals surface area contributed by atoms with Crippen LogP contribution in [0.2, 0.25) is 0 Å². The van der Waals surface area contributed by atoms with E-state index in [2.05, 4.69) is 23.6 Å². The molecule has 0 bridgehead atoms. The zero-order valence-corrected chi connectivity index (χ0v) is 14.7. The lowest BCUT2D eigenvalue weighted by molar-refractivity contribution is 0.0717. The second-order valence-corrected chi connectivity index (χ2v) is 7.14. The molecule has 5 heteroatoms. The Morgan fingerprint density at radius 1 is 1.25 bits per heavy atom. The molecule has 126 valence electrons. The van der Waals surface area contributed by atoms with E-state index in [4.69, 9.17) is 0 Å². The lowest BCUT2D eigenvalue weighted by Gasteiger charge is -2.28. The highest BCUT2D eigenvalue weighted by Crippen LogP contribution is 2.21. The molecule has 1 amide bonds. The number of carbonyl (C=O) groups excluding carboxylic acids is 1. The van der Waals surface area contributed by atoms with Gasteiger partial charge in [-0.25, -0.2) is 0 Å². The zero-order valence-electron chi connectivity index (χ0n) is 13.9. The largest absolute Gasteiger partial charge is 0.332 e. The van der Waals surface area contributed by atoms with Crippen molar-refractivity contribution in [2.45, 2.75) is 31.7 Å². The molecule has 0 aromatic carbocycles. The summed E-state index contributed by atoms with van der Waals surface area (Å²) in [5, 5.41) is 2.06. The molecule has 4 nitrogen and oxygen atoms in total. The summed E-state index contributed by atoms with van der Waals surface area (Å²) in [6.45, 7) is 0.765. The summed E-state index contributed by atoms with van der Waals surface area (Å²) >= 11 is 1.70. The number of hydrogen-bond donors (Lipinski definition) is 0. The molecule has 0 saturated carbocycles. The molecular formula is C19H22N2O2S. The molecule has 1 aliphatic heterocycles. The molecule has 0 spiro atoms. The first-order valence-corrected chi connectivity index (χ1v) is 9.22. The van der Waals surface area contributed by atoms with Crippen LogP contribution in [0.4, 0.5) is 0 Å². The lowest BCUT2D eigenvalue weighted by atomic mass is 10.1. The third kappa shape index (κ3) is 3.85. The number of nitrogens with zero attached hydrogens (tertiary/aromatic N) is 2. The fraction of sp³-hybridized carbons (Fsp3) is 0.368. The molecule has 2 aromatic heterocycles. The maximum atomic E-state index is 13.0. The van der Waals surface area contributed by atoms with E-state index in [0.29, 0.717) is 5.56 Å². The fourth-order valence-corrected chi connectivity index (χ4v) is 3.69. The molecule has 24 heavy (non-hydrogen) atoms. The number of carbonyl (C=O) groups is 1. The van der Waals surface area contributed by atoms with Gasteiger partial charge in [0.2, 0.25) is 5.56 Å². The van der Waals surface area contributed by atoms with Crippen molar-refractivity contribution in [3.8, 4) is 0 Å². The third-order valence-electron chi connectivity index (χ3n) is 4.42. The van der Waals surface area contributed by atoms with Crippen LogP contribution in [0.1, 0.15) is 40.9 Å². The molecule has 1 saturated heterocycles. The maximum Gasteiger partial charge on any atom is 0.255 e. The van der Waals surface area contributed by atoms with Crippen molar-refractivity contribution >= 4 is 23.3 Å². The minimum atomic E-state index is -0.100. The van der Waals surface area contributed by atoms with Crippen molar-refractivity contribution < 1.29 is 4.79 Å². The molecule has 3 heterocycles. The van der Waals surface area contributed by atoms with Gasteiger partial charge in [0.05, 0.1) is 11.6 Å². The highest BCUT2D eigenvalue weighted by molar-refractivity contribution is 7.10. The van der Waals surface area contributed by atoms with Gasteiger partial charge < -0.3 is 9.47 Å². The minimum absolute atomic E-state index is 0.00771. The molecule has 2 aromatic rings. The van der Waals surface area contributed by atoms with E-state index >= 15 is 0 Å². The zero-order chi connectivity index (χ0) is 16.9. The van der Waals surface area contributed by atoms with E-state index in [-0.39, 0.29) is 17.5 Å². The summed E-state index contributed by atoms with van der Waals surface area (Å²) in [7, 11) is 1.68. The van der Waals surface area contributed by atoms with E-state index < -0.39 is 0 Å². The predicted octanol–water partition coefficient (Wildman–Crippen LogP) is 3.55. The van der Waals surface area contributed by atoms with Crippen LogP contribution < -0.4 is 5.56 Å². The summed E-state index contributed by atoms with van der Waals surface area (Å²) in [6.07, 6.45) is 10.2. The van der Waals surface area contributed by atoms with Gasteiger partial charge in [-0.1, -0.05) is 25.0 Å². The fourth-order valence-electron chi connectivity index (χ4n) is 3.06. The molecule has 0 aliphatic carbocycles. The van der Waals surface area contributed by atoms with Gasteiger partial charge in [0.1, 0.15) is 0 Å². The molecule has 1 unspecified atom stereocenters. The number of amides is 1. The van der Waals surface area contributed by atoms with E-state index in [1.54, 1.807) is 30.6 Å². The Labute approximate surface area is 146 Å². The normalized spacial score (nSPS) is 18.7. The highest BCUT2D eigenvalue weighted by Gasteiger charge is 2.24. The van der Waals surface area contributed by atoms with E-state index in [0.717, 1.165) is 32.2 Å². The van der Waals surface area contributed by atoms with E-state index in [1.165, 1.54) is 15.5 Å². The Morgan fingerprint density at radius 3 is 2.88 bits per heavy atom. The summed E-state index contributed by atoms with van der Waals surface area (Å²) in [4.78, 5) is 27.7. The van der Waals surface area contributed by atoms with Crippen LogP contribution >= 0.6 is 11.3 Å². The second-order valence-electron chi connectivity index (χ2n) is 6.16. The van der Waals surface area contributed by atoms with Gasteiger partial charge in [-0.3, -0.25) is 9.59 Å². The summed E-state index contributed by atoms with van der Waals surface area (Å²) < 4.78 is 1.46. The summed E-state index contributed by atoms with van der Waals surface area (Å²) in [5.41, 5.74) is 0.477. The van der Waals surface area contributed by atoms with Crippen molar-refractivity contribution in [1.29, 1.82) is 0 Å². The number of pyridine rings is 1. The molecule has 0 radical (unpaired) electrons. The van der Waals surface area contributed by atoms with E-state index in [9.17, 15) is 9.59 Å². The Kier molecular flexibility index (Phi) is 5.30. The van der Waals surface area contributed by atoms with Crippen LogP contribution in [0.5, 0.6) is 0 Å². The minimum Gasteiger partial charge on any atom is -0.332 e. The van der Waals surface area contributed by atoms with Crippen molar-refractivity contribution in [3.05, 3.63) is 62.7 Å². The first-order chi connectivity index (χ1) is 11.6. The van der Waals surface area contributed by atoms with Gasteiger partial charge in [-0.2, -0.15) is 0 Å². The monoisotopic (exact) mass is 342 g/mol. The molecular weight excluding hydrogens is 320 g/mol. The molecule has 1 fully saturated rings. The van der Waals surface area contributed by atoms with Gasteiger partial charge in [-0.15, -0.1) is 11.3 Å². The molecule has 3 rings (SSSR count). The Balaban J connectivity index is 1.84. The number of hydrogen-bond acceptors (Lipinski definition) is 3. The first-order valence-electron chi connectivity index (χ1n) is 8.34. The predicted molar refractivity (Wildman–Crippen MR) is 98.3 cm³/mol. The number of aromatic nitrogens is 1. The standard InChI is InChI=1S/C19H22N2O2S/c1-20-14-15(8-11-18(20)22)19(23)21-12-4-2-3-6-16(21)9-10-17-7-5-13-24-17/h5,7-11,13-14,16H,2-4,6,12H2,1H3. The molecule has 1 atom stereocenters. The Bertz CT molecular complexity index is 777. The van der Waals surface area contributed by atoms with Crippen LogP contribution in [0.3, 0.4) is 0 Å². The number of rotatable bonds is 3. The van der Waals surface area contributed by atoms with Gasteiger partial charge >= 0.3 is 0 Å². The van der Waals surface area contributed by atoms with Crippen LogP contribution in [0.15, 0.2) is 46.7 Å². The lowest BCUT2D eigenvalue weighted by Crippen LogP contribution is -2.39. The van der Waals surface area contributed by atoms with Crippen molar-refractivity contribution in [2.75, 3.05) is 6.54 Å². The molecule has 1 aliphatic rings. The second kappa shape index (κ2) is 7.62. The van der Waals surface area contributed by atoms with Crippen LogP contribution in [-0.4, -0.2) is 28.0 Å². The Morgan fingerprint density at radius 2 is 2.12 bits per heavy atom. The van der Waals surface area contributed by atoms with Crippen molar-refractivity contribution in [2.24, 2.45) is 7.05 Å². The average Bonchev–Trinajstić information content (AvgIpc) is 2.99. The van der Waals surface area contributed by atoms with Crippen LogP contribution in [0.25, 0.3) is 6.08 Å². The third-order valence-corrected chi connectivity index (χ3v) is 5.26.